The number of urea groups is 1. The molecule has 0 atom stereocenters. The highest BCUT2D eigenvalue weighted by molar-refractivity contribution is 5.94. The average Bonchev–Trinajstić information content (AvgIpc) is 2.42. The van der Waals surface area contributed by atoms with Gasteiger partial charge < -0.3 is 10.2 Å². The van der Waals surface area contributed by atoms with Gasteiger partial charge in [-0.25, -0.2) is 9.18 Å². The Bertz CT molecular complexity index is 680. The summed E-state index contributed by atoms with van der Waals surface area (Å²) in [6.07, 6.45) is 0. The van der Waals surface area contributed by atoms with E-state index < -0.39 is 0 Å². The summed E-state index contributed by atoms with van der Waals surface area (Å²) >= 11 is 0. The van der Waals surface area contributed by atoms with Gasteiger partial charge in [0.1, 0.15) is 5.82 Å². The molecule has 0 aliphatic rings. The van der Waals surface area contributed by atoms with Gasteiger partial charge in [-0.05, 0) is 54.8 Å². The molecule has 0 aromatic heterocycles. The number of carbonyl (C=O) groups excluding carboxylic acids is 1. The first-order valence-corrected chi connectivity index (χ1v) is 6.74. The SMILES string of the molecule is Cc1cc(NC(=O)N(C)C)c(-c2cccc(F)c2)cc1C. The molecule has 0 fully saturated rings. The maximum Gasteiger partial charge on any atom is 0.321 e. The minimum Gasteiger partial charge on any atom is -0.331 e. The number of nitrogens with one attached hydrogen (secondary N) is 1. The second kappa shape index (κ2) is 5.95. The van der Waals surface area contributed by atoms with Crippen molar-refractivity contribution in [1.29, 1.82) is 0 Å². The zero-order valence-corrected chi connectivity index (χ0v) is 12.7. The van der Waals surface area contributed by atoms with Crippen LogP contribution in [0.2, 0.25) is 0 Å². The van der Waals surface area contributed by atoms with Crippen molar-refractivity contribution in [2.45, 2.75) is 13.8 Å². The van der Waals surface area contributed by atoms with Crippen molar-refractivity contribution in [2.24, 2.45) is 0 Å². The first-order valence-electron chi connectivity index (χ1n) is 6.74. The summed E-state index contributed by atoms with van der Waals surface area (Å²) in [5, 5.41) is 2.86. The Morgan fingerprint density at radius 3 is 2.38 bits per heavy atom. The maximum absolute atomic E-state index is 13.5. The molecule has 0 heterocycles. The van der Waals surface area contributed by atoms with Crippen LogP contribution in [0.25, 0.3) is 11.1 Å². The zero-order chi connectivity index (χ0) is 15.6. The standard InChI is InChI=1S/C17H19FN2O/c1-11-8-15(13-6-5-7-14(18)10-13)16(9-12(11)2)19-17(21)20(3)4/h5-10H,1-4H3,(H,19,21). The van der Waals surface area contributed by atoms with Crippen LogP contribution >= 0.6 is 0 Å². The fraction of sp³-hybridized carbons (Fsp3) is 0.235. The summed E-state index contributed by atoms with van der Waals surface area (Å²) < 4.78 is 13.5. The molecule has 0 saturated carbocycles. The van der Waals surface area contributed by atoms with E-state index in [9.17, 15) is 9.18 Å². The molecule has 4 heteroatoms. The number of aryl methyl sites for hydroxylation is 2. The van der Waals surface area contributed by atoms with E-state index in [1.165, 1.54) is 17.0 Å². The molecule has 2 amide bonds. The molecular weight excluding hydrogens is 267 g/mol. The largest absolute Gasteiger partial charge is 0.331 e. The van der Waals surface area contributed by atoms with Crippen LogP contribution in [-0.4, -0.2) is 25.0 Å². The predicted molar refractivity (Wildman–Crippen MR) is 84.0 cm³/mol. The number of carbonyl (C=O) groups is 1. The predicted octanol–water partition coefficient (Wildman–Crippen LogP) is 4.20. The Hall–Kier alpha value is -2.36. The van der Waals surface area contributed by atoms with Crippen molar-refractivity contribution in [3.63, 3.8) is 0 Å². The van der Waals surface area contributed by atoms with E-state index in [0.717, 1.165) is 22.3 Å². The van der Waals surface area contributed by atoms with Crippen LogP contribution in [0.3, 0.4) is 0 Å². The molecule has 0 aliphatic carbocycles. The Kier molecular flexibility index (Phi) is 4.26. The highest BCUT2D eigenvalue weighted by atomic mass is 19.1. The van der Waals surface area contributed by atoms with Crippen LogP contribution in [0.4, 0.5) is 14.9 Å². The lowest BCUT2D eigenvalue weighted by Crippen LogP contribution is -2.27. The summed E-state index contributed by atoms with van der Waals surface area (Å²) in [6, 6.07) is 10.0. The van der Waals surface area contributed by atoms with Gasteiger partial charge >= 0.3 is 6.03 Å². The van der Waals surface area contributed by atoms with Gasteiger partial charge in [-0.15, -0.1) is 0 Å². The van der Waals surface area contributed by atoms with Crippen LogP contribution in [0.15, 0.2) is 36.4 Å². The highest BCUT2D eigenvalue weighted by Crippen LogP contribution is 2.31. The highest BCUT2D eigenvalue weighted by Gasteiger charge is 2.12. The van der Waals surface area contributed by atoms with Gasteiger partial charge in [0.25, 0.3) is 0 Å². The van der Waals surface area contributed by atoms with Gasteiger partial charge in [0.2, 0.25) is 0 Å². The molecular formula is C17H19FN2O. The molecule has 21 heavy (non-hydrogen) atoms. The van der Waals surface area contributed by atoms with Crippen molar-refractivity contribution < 1.29 is 9.18 Å². The molecule has 2 rings (SSSR count). The van der Waals surface area contributed by atoms with Crippen LogP contribution in [0.1, 0.15) is 11.1 Å². The number of halogens is 1. The molecule has 0 aliphatic heterocycles. The van der Waals surface area contributed by atoms with Crippen LogP contribution in [0.5, 0.6) is 0 Å². The number of anilines is 1. The van der Waals surface area contributed by atoms with Crippen molar-refractivity contribution in [3.8, 4) is 11.1 Å². The topological polar surface area (TPSA) is 32.3 Å². The second-order valence-corrected chi connectivity index (χ2v) is 5.32. The fourth-order valence-electron chi connectivity index (χ4n) is 2.04. The summed E-state index contributed by atoms with van der Waals surface area (Å²) in [5.74, 6) is -0.296. The number of benzene rings is 2. The van der Waals surface area contributed by atoms with Crippen molar-refractivity contribution in [1.82, 2.24) is 4.90 Å². The molecule has 0 radical (unpaired) electrons. The van der Waals surface area contributed by atoms with Crippen LogP contribution in [-0.2, 0) is 0 Å². The lowest BCUT2D eigenvalue weighted by atomic mass is 9.98. The number of hydrogen-bond acceptors (Lipinski definition) is 1. The number of amides is 2. The third-order valence-corrected chi connectivity index (χ3v) is 3.42. The molecule has 2 aromatic carbocycles. The maximum atomic E-state index is 13.5. The first kappa shape index (κ1) is 15.0. The Labute approximate surface area is 124 Å². The monoisotopic (exact) mass is 286 g/mol. The third kappa shape index (κ3) is 3.40. The molecule has 110 valence electrons. The molecule has 0 saturated heterocycles. The smallest absolute Gasteiger partial charge is 0.321 e. The van der Waals surface area contributed by atoms with Gasteiger partial charge in [-0.2, -0.15) is 0 Å². The van der Waals surface area contributed by atoms with Gasteiger partial charge in [-0.3, -0.25) is 0 Å². The van der Waals surface area contributed by atoms with E-state index in [4.69, 9.17) is 0 Å². The second-order valence-electron chi connectivity index (χ2n) is 5.32. The summed E-state index contributed by atoms with van der Waals surface area (Å²) in [5.41, 5.74) is 4.41. The molecule has 2 aromatic rings. The van der Waals surface area contributed by atoms with E-state index in [2.05, 4.69) is 5.32 Å². The Morgan fingerprint density at radius 1 is 1.10 bits per heavy atom. The molecule has 1 N–H and O–H groups in total. The fourth-order valence-corrected chi connectivity index (χ4v) is 2.04. The lowest BCUT2D eigenvalue weighted by molar-refractivity contribution is 0.230. The average molecular weight is 286 g/mol. The molecule has 0 bridgehead atoms. The van der Waals surface area contributed by atoms with Crippen molar-refractivity contribution >= 4 is 11.7 Å². The van der Waals surface area contributed by atoms with E-state index in [-0.39, 0.29) is 11.8 Å². The van der Waals surface area contributed by atoms with Gasteiger partial charge in [0.15, 0.2) is 0 Å². The molecule has 0 spiro atoms. The van der Waals surface area contributed by atoms with Crippen molar-refractivity contribution in [2.75, 3.05) is 19.4 Å². The summed E-state index contributed by atoms with van der Waals surface area (Å²) in [4.78, 5) is 13.4. The van der Waals surface area contributed by atoms with Crippen molar-refractivity contribution in [3.05, 3.63) is 53.3 Å². The zero-order valence-electron chi connectivity index (χ0n) is 12.7. The normalized spacial score (nSPS) is 10.3. The van der Waals surface area contributed by atoms with E-state index in [0.29, 0.717) is 5.69 Å². The van der Waals surface area contributed by atoms with E-state index in [1.807, 2.05) is 32.0 Å². The van der Waals surface area contributed by atoms with E-state index >= 15 is 0 Å². The number of hydrogen-bond donors (Lipinski definition) is 1. The summed E-state index contributed by atoms with van der Waals surface area (Å²) in [7, 11) is 3.36. The Balaban J connectivity index is 2.53. The quantitative estimate of drug-likeness (QED) is 0.881. The summed E-state index contributed by atoms with van der Waals surface area (Å²) in [6.45, 7) is 3.98. The molecule has 0 unspecified atom stereocenters. The van der Waals surface area contributed by atoms with Crippen LogP contribution < -0.4 is 5.32 Å². The van der Waals surface area contributed by atoms with Gasteiger partial charge in [-0.1, -0.05) is 12.1 Å². The number of rotatable bonds is 2. The minimum absolute atomic E-state index is 0.212. The third-order valence-electron chi connectivity index (χ3n) is 3.42. The molecule has 3 nitrogen and oxygen atoms in total. The van der Waals surface area contributed by atoms with E-state index in [1.54, 1.807) is 20.2 Å². The Morgan fingerprint density at radius 2 is 1.76 bits per heavy atom. The minimum atomic E-state index is -0.296. The van der Waals surface area contributed by atoms with Gasteiger partial charge in [0.05, 0.1) is 5.69 Å². The van der Waals surface area contributed by atoms with Gasteiger partial charge in [0, 0.05) is 19.7 Å². The number of nitrogens with zero attached hydrogens (tertiary/aromatic N) is 1. The first-order chi connectivity index (χ1) is 9.88. The van der Waals surface area contributed by atoms with Crippen LogP contribution in [0, 0.1) is 19.7 Å². The lowest BCUT2D eigenvalue weighted by Gasteiger charge is -2.17.